The van der Waals surface area contributed by atoms with Gasteiger partial charge in [0.15, 0.2) is 0 Å². The van der Waals surface area contributed by atoms with Crippen LogP contribution in [0.25, 0.3) is 0 Å². The summed E-state index contributed by atoms with van der Waals surface area (Å²) >= 11 is 1.77. The van der Waals surface area contributed by atoms with E-state index in [9.17, 15) is 9.59 Å². The van der Waals surface area contributed by atoms with Crippen molar-refractivity contribution in [3.8, 4) is 0 Å². The molecule has 0 heterocycles. The van der Waals surface area contributed by atoms with Crippen molar-refractivity contribution in [3.63, 3.8) is 0 Å². The van der Waals surface area contributed by atoms with E-state index in [-0.39, 0.29) is 23.8 Å². The van der Waals surface area contributed by atoms with Crippen LogP contribution in [0.5, 0.6) is 0 Å². The average Bonchev–Trinajstić information content (AvgIpc) is 2.37. The number of aliphatic carboxylic acids is 1. The summed E-state index contributed by atoms with van der Waals surface area (Å²) in [4.78, 5) is 22.3. The summed E-state index contributed by atoms with van der Waals surface area (Å²) in [6, 6.07) is -0.137. The van der Waals surface area contributed by atoms with Gasteiger partial charge in [-0.05, 0) is 42.6 Å². The van der Waals surface area contributed by atoms with Crippen molar-refractivity contribution >= 4 is 23.8 Å². The largest absolute Gasteiger partial charge is 0.481 e. The predicted molar refractivity (Wildman–Crippen MR) is 88.8 cm³/mol. The molecule has 0 aliphatic rings. The van der Waals surface area contributed by atoms with Gasteiger partial charge >= 0.3 is 12.0 Å². The van der Waals surface area contributed by atoms with Crippen LogP contribution in [0.2, 0.25) is 0 Å². The number of amides is 2. The summed E-state index contributed by atoms with van der Waals surface area (Å²) in [5.74, 6) is 0.566. The lowest BCUT2D eigenvalue weighted by Gasteiger charge is -2.30. The standard InChI is InChI=1S/C15H30N2O3S/c1-15(2,3)12(6-7-13(18)19)8-10-17-14(20)16-9-5-11-21-4/h12H,5-11H2,1-4H3,(H,18,19)(H2,16,17,20). The Morgan fingerprint density at radius 2 is 1.76 bits per heavy atom. The van der Waals surface area contributed by atoms with E-state index >= 15 is 0 Å². The number of carboxylic acid groups (broad SMARTS) is 1. The SMILES string of the molecule is CSCCCNC(=O)NCCC(CCC(=O)O)C(C)(C)C. The molecule has 1 atom stereocenters. The van der Waals surface area contributed by atoms with E-state index in [1.807, 2.05) is 6.26 Å². The lowest BCUT2D eigenvalue weighted by molar-refractivity contribution is -0.137. The van der Waals surface area contributed by atoms with Gasteiger partial charge in [-0.15, -0.1) is 0 Å². The van der Waals surface area contributed by atoms with Crippen molar-refractivity contribution in [3.05, 3.63) is 0 Å². The monoisotopic (exact) mass is 318 g/mol. The van der Waals surface area contributed by atoms with Crippen LogP contribution in [0.3, 0.4) is 0 Å². The molecule has 0 aromatic heterocycles. The van der Waals surface area contributed by atoms with E-state index in [4.69, 9.17) is 5.11 Å². The third-order valence-electron chi connectivity index (χ3n) is 3.52. The van der Waals surface area contributed by atoms with Gasteiger partial charge in [0.05, 0.1) is 0 Å². The van der Waals surface area contributed by atoms with Crippen LogP contribution in [0.4, 0.5) is 4.79 Å². The Morgan fingerprint density at radius 3 is 2.29 bits per heavy atom. The van der Waals surface area contributed by atoms with Crippen LogP contribution < -0.4 is 10.6 Å². The van der Waals surface area contributed by atoms with Gasteiger partial charge in [0.1, 0.15) is 0 Å². The van der Waals surface area contributed by atoms with Crippen molar-refractivity contribution in [1.82, 2.24) is 10.6 Å². The molecule has 0 aromatic carbocycles. The highest BCUT2D eigenvalue weighted by Crippen LogP contribution is 2.32. The number of rotatable bonds is 10. The first-order valence-electron chi connectivity index (χ1n) is 7.49. The van der Waals surface area contributed by atoms with E-state index in [1.54, 1.807) is 11.8 Å². The van der Waals surface area contributed by atoms with Gasteiger partial charge in [-0.2, -0.15) is 11.8 Å². The number of hydrogen-bond acceptors (Lipinski definition) is 3. The molecule has 0 radical (unpaired) electrons. The molecule has 5 nitrogen and oxygen atoms in total. The Kier molecular flexibility index (Phi) is 10.3. The molecule has 3 N–H and O–H groups in total. The molecule has 124 valence electrons. The second-order valence-electron chi connectivity index (χ2n) is 6.31. The van der Waals surface area contributed by atoms with E-state index in [0.29, 0.717) is 19.5 Å². The number of carboxylic acids is 1. The Bertz CT molecular complexity index is 317. The van der Waals surface area contributed by atoms with Gasteiger partial charge in [-0.25, -0.2) is 4.79 Å². The Hall–Kier alpha value is -0.910. The van der Waals surface area contributed by atoms with E-state index in [0.717, 1.165) is 18.6 Å². The summed E-state index contributed by atoms with van der Waals surface area (Å²) in [5, 5.41) is 14.5. The Balaban J connectivity index is 3.96. The fourth-order valence-corrected chi connectivity index (χ4v) is 2.58. The van der Waals surface area contributed by atoms with Crippen molar-refractivity contribution in [1.29, 1.82) is 0 Å². The van der Waals surface area contributed by atoms with E-state index in [1.165, 1.54) is 0 Å². The van der Waals surface area contributed by atoms with Gasteiger partial charge < -0.3 is 15.7 Å². The normalized spacial score (nSPS) is 12.8. The molecule has 0 aromatic rings. The first-order chi connectivity index (χ1) is 9.77. The van der Waals surface area contributed by atoms with Gasteiger partial charge in [0.25, 0.3) is 0 Å². The fourth-order valence-electron chi connectivity index (χ4n) is 2.15. The molecule has 0 saturated carbocycles. The molecule has 6 heteroatoms. The average molecular weight is 318 g/mol. The molecule has 1 unspecified atom stereocenters. The molecule has 0 aliphatic heterocycles. The van der Waals surface area contributed by atoms with Crippen LogP contribution in [-0.2, 0) is 4.79 Å². The second-order valence-corrected chi connectivity index (χ2v) is 7.30. The molecule has 0 bridgehead atoms. The summed E-state index contributed by atoms with van der Waals surface area (Å²) in [6.07, 6.45) is 4.65. The van der Waals surface area contributed by atoms with Crippen LogP contribution in [0, 0.1) is 11.3 Å². The zero-order valence-corrected chi connectivity index (χ0v) is 14.5. The van der Waals surface area contributed by atoms with Crippen molar-refractivity contribution in [2.45, 2.75) is 46.5 Å². The topological polar surface area (TPSA) is 78.4 Å². The zero-order chi connectivity index (χ0) is 16.3. The number of hydrogen-bond donors (Lipinski definition) is 3. The minimum atomic E-state index is -0.760. The molecule has 2 amide bonds. The van der Waals surface area contributed by atoms with Crippen LogP contribution >= 0.6 is 11.8 Å². The van der Waals surface area contributed by atoms with Gasteiger partial charge in [0, 0.05) is 19.5 Å². The maximum atomic E-state index is 11.6. The number of carbonyl (C=O) groups is 2. The highest BCUT2D eigenvalue weighted by atomic mass is 32.2. The Labute approximate surface area is 132 Å². The molecule has 0 saturated heterocycles. The maximum absolute atomic E-state index is 11.6. The minimum Gasteiger partial charge on any atom is -0.481 e. The third kappa shape index (κ3) is 11.4. The summed E-state index contributed by atoms with van der Waals surface area (Å²) < 4.78 is 0. The molecular weight excluding hydrogens is 288 g/mol. The summed E-state index contributed by atoms with van der Waals surface area (Å²) in [7, 11) is 0. The summed E-state index contributed by atoms with van der Waals surface area (Å²) in [5.41, 5.74) is 0.0476. The molecule has 0 rings (SSSR count). The van der Waals surface area contributed by atoms with Crippen LogP contribution in [0.1, 0.15) is 46.5 Å². The van der Waals surface area contributed by atoms with Gasteiger partial charge in [-0.1, -0.05) is 20.8 Å². The maximum Gasteiger partial charge on any atom is 0.314 e. The number of thioether (sulfide) groups is 1. The van der Waals surface area contributed by atoms with E-state index in [2.05, 4.69) is 31.4 Å². The minimum absolute atomic E-state index is 0.0476. The number of urea groups is 1. The first-order valence-corrected chi connectivity index (χ1v) is 8.89. The molecule has 0 fully saturated rings. The Morgan fingerprint density at radius 1 is 1.14 bits per heavy atom. The van der Waals surface area contributed by atoms with Crippen LogP contribution in [-0.4, -0.2) is 42.2 Å². The lowest BCUT2D eigenvalue weighted by Crippen LogP contribution is -2.38. The van der Waals surface area contributed by atoms with Gasteiger partial charge in [-0.3, -0.25) is 4.79 Å². The van der Waals surface area contributed by atoms with Crippen LogP contribution in [0.15, 0.2) is 0 Å². The number of nitrogens with one attached hydrogen (secondary N) is 2. The highest BCUT2D eigenvalue weighted by Gasteiger charge is 2.24. The van der Waals surface area contributed by atoms with Crippen molar-refractivity contribution in [2.75, 3.05) is 25.1 Å². The molecule has 0 aliphatic carbocycles. The third-order valence-corrected chi connectivity index (χ3v) is 4.22. The lowest BCUT2D eigenvalue weighted by atomic mass is 9.76. The smallest absolute Gasteiger partial charge is 0.314 e. The zero-order valence-electron chi connectivity index (χ0n) is 13.7. The quantitative estimate of drug-likeness (QED) is 0.541. The van der Waals surface area contributed by atoms with Gasteiger partial charge in [0.2, 0.25) is 0 Å². The fraction of sp³-hybridized carbons (Fsp3) is 0.867. The van der Waals surface area contributed by atoms with E-state index < -0.39 is 5.97 Å². The molecule has 21 heavy (non-hydrogen) atoms. The summed E-state index contributed by atoms with van der Waals surface area (Å²) in [6.45, 7) is 7.61. The highest BCUT2D eigenvalue weighted by molar-refractivity contribution is 7.98. The molecular formula is C15H30N2O3S. The van der Waals surface area contributed by atoms with Crippen molar-refractivity contribution in [2.24, 2.45) is 11.3 Å². The number of carbonyl (C=O) groups excluding carboxylic acids is 1. The van der Waals surface area contributed by atoms with Crippen molar-refractivity contribution < 1.29 is 14.7 Å². The second kappa shape index (κ2) is 10.8. The predicted octanol–water partition coefficient (Wildman–Crippen LogP) is 2.96. The molecule has 0 spiro atoms. The first kappa shape index (κ1) is 20.1.